The standard InChI is InChI=1S/C21H20BrFN4O2S/c22-15-5-9-17(10-6-15)24-19(28)13-30-21-26-25-20(14-3-7-16(23)8-4-14)27(21)12-18-2-1-11-29-18/h3-10,18H,1-2,11-13H2,(H,24,28). The Balaban J connectivity index is 1.49. The Kier molecular flexibility index (Phi) is 6.81. The number of rotatable bonds is 7. The zero-order valence-electron chi connectivity index (χ0n) is 16.1. The third kappa shape index (κ3) is 5.27. The number of hydrogen-bond donors (Lipinski definition) is 1. The Morgan fingerprint density at radius 3 is 2.67 bits per heavy atom. The first-order chi connectivity index (χ1) is 14.6. The maximum Gasteiger partial charge on any atom is 0.234 e. The number of nitrogens with zero attached hydrogens (tertiary/aromatic N) is 3. The third-order valence-corrected chi connectivity index (χ3v) is 6.19. The molecule has 1 saturated heterocycles. The predicted molar refractivity (Wildman–Crippen MR) is 118 cm³/mol. The van der Waals surface area contributed by atoms with Gasteiger partial charge < -0.3 is 10.1 Å². The summed E-state index contributed by atoms with van der Waals surface area (Å²) < 4.78 is 22.0. The van der Waals surface area contributed by atoms with Gasteiger partial charge in [-0.3, -0.25) is 9.36 Å². The minimum absolute atomic E-state index is 0.0798. The number of benzene rings is 2. The van der Waals surface area contributed by atoms with Crippen LogP contribution in [0.1, 0.15) is 12.8 Å². The number of thioether (sulfide) groups is 1. The number of anilines is 1. The first-order valence-electron chi connectivity index (χ1n) is 9.57. The van der Waals surface area contributed by atoms with Gasteiger partial charge in [-0.2, -0.15) is 0 Å². The summed E-state index contributed by atoms with van der Waals surface area (Å²) in [6.45, 7) is 1.34. The molecule has 1 N–H and O–H groups in total. The van der Waals surface area contributed by atoms with Crippen LogP contribution in [0.4, 0.5) is 10.1 Å². The molecular weight excluding hydrogens is 471 g/mol. The predicted octanol–water partition coefficient (Wildman–Crippen LogP) is 4.76. The third-order valence-electron chi connectivity index (χ3n) is 4.69. The summed E-state index contributed by atoms with van der Waals surface area (Å²) in [6, 6.07) is 13.6. The molecule has 0 radical (unpaired) electrons. The number of halogens is 2. The molecule has 3 aromatic rings. The molecule has 2 aromatic carbocycles. The van der Waals surface area contributed by atoms with E-state index >= 15 is 0 Å². The molecule has 4 rings (SSSR count). The summed E-state index contributed by atoms with van der Waals surface area (Å²) in [5.41, 5.74) is 1.50. The highest BCUT2D eigenvalue weighted by molar-refractivity contribution is 9.10. The van der Waals surface area contributed by atoms with E-state index in [1.54, 1.807) is 12.1 Å². The highest BCUT2D eigenvalue weighted by atomic mass is 79.9. The van der Waals surface area contributed by atoms with Crippen LogP contribution < -0.4 is 5.32 Å². The van der Waals surface area contributed by atoms with E-state index in [0.29, 0.717) is 17.5 Å². The molecular formula is C21H20BrFN4O2S. The Morgan fingerprint density at radius 1 is 1.20 bits per heavy atom. The molecule has 1 aliphatic heterocycles. The molecule has 0 saturated carbocycles. The monoisotopic (exact) mass is 490 g/mol. The number of carbonyl (C=O) groups excluding carboxylic acids is 1. The molecule has 1 aromatic heterocycles. The summed E-state index contributed by atoms with van der Waals surface area (Å²) in [7, 11) is 0. The van der Waals surface area contributed by atoms with Crippen LogP contribution in [0.3, 0.4) is 0 Å². The van der Waals surface area contributed by atoms with E-state index in [1.165, 1.54) is 23.9 Å². The average Bonchev–Trinajstić information content (AvgIpc) is 3.39. The van der Waals surface area contributed by atoms with Crippen LogP contribution in [-0.2, 0) is 16.1 Å². The van der Waals surface area contributed by atoms with Gasteiger partial charge in [-0.25, -0.2) is 4.39 Å². The number of nitrogens with one attached hydrogen (secondary N) is 1. The fourth-order valence-electron chi connectivity index (χ4n) is 3.22. The van der Waals surface area contributed by atoms with Crippen molar-refractivity contribution in [1.29, 1.82) is 0 Å². The van der Waals surface area contributed by atoms with Gasteiger partial charge in [0, 0.05) is 22.3 Å². The van der Waals surface area contributed by atoms with Gasteiger partial charge in [0.05, 0.1) is 18.4 Å². The lowest BCUT2D eigenvalue weighted by Gasteiger charge is -2.14. The second kappa shape index (κ2) is 9.72. The van der Waals surface area contributed by atoms with Crippen LogP contribution >= 0.6 is 27.7 Å². The summed E-state index contributed by atoms with van der Waals surface area (Å²) in [5, 5.41) is 12.1. The highest BCUT2D eigenvalue weighted by Crippen LogP contribution is 2.27. The van der Waals surface area contributed by atoms with Gasteiger partial charge in [0.1, 0.15) is 5.82 Å². The van der Waals surface area contributed by atoms with Crippen molar-refractivity contribution in [2.45, 2.75) is 30.6 Å². The van der Waals surface area contributed by atoms with Crippen molar-refractivity contribution < 1.29 is 13.9 Å². The van der Waals surface area contributed by atoms with Crippen molar-refractivity contribution in [3.05, 3.63) is 58.8 Å². The van der Waals surface area contributed by atoms with Gasteiger partial charge in [-0.15, -0.1) is 10.2 Å². The lowest BCUT2D eigenvalue weighted by Crippen LogP contribution is -2.18. The lowest BCUT2D eigenvalue weighted by atomic mass is 10.2. The van der Waals surface area contributed by atoms with Crippen molar-refractivity contribution in [3.63, 3.8) is 0 Å². The van der Waals surface area contributed by atoms with E-state index in [9.17, 15) is 9.18 Å². The quantitative estimate of drug-likeness (QED) is 0.483. The smallest absolute Gasteiger partial charge is 0.234 e. The van der Waals surface area contributed by atoms with Gasteiger partial charge in [0.2, 0.25) is 5.91 Å². The van der Waals surface area contributed by atoms with Crippen molar-refractivity contribution in [2.24, 2.45) is 0 Å². The molecule has 156 valence electrons. The van der Waals surface area contributed by atoms with Crippen LogP contribution in [0.2, 0.25) is 0 Å². The van der Waals surface area contributed by atoms with E-state index < -0.39 is 0 Å². The van der Waals surface area contributed by atoms with Crippen LogP contribution in [0, 0.1) is 5.82 Å². The van der Waals surface area contributed by atoms with Crippen LogP contribution in [0.5, 0.6) is 0 Å². The van der Waals surface area contributed by atoms with Crippen LogP contribution in [0.15, 0.2) is 58.2 Å². The Labute approximate surface area is 186 Å². The molecule has 1 aliphatic rings. The zero-order chi connectivity index (χ0) is 20.9. The second-order valence-electron chi connectivity index (χ2n) is 6.90. The number of carbonyl (C=O) groups is 1. The first-order valence-corrected chi connectivity index (χ1v) is 11.4. The average molecular weight is 491 g/mol. The van der Waals surface area contributed by atoms with Crippen molar-refractivity contribution in [3.8, 4) is 11.4 Å². The Morgan fingerprint density at radius 2 is 1.97 bits per heavy atom. The molecule has 1 unspecified atom stereocenters. The minimum Gasteiger partial charge on any atom is -0.376 e. The van der Waals surface area contributed by atoms with Crippen LogP contribution in [0.25, 0.3) is 11.4 Å². The maximum absolute atomic E-state index is 13.3. The van der Waals surface area contributed by atoms with E-state index in [1.807, 2.05) is 28.8 Å². The molecule has 0 bridgehead atoms. The summed E-state index contributed by atoms with van der Waals surface area (Å²) in [6.07, 6.45) is 2.07. The fraction of sp³-hybridized carbons (Fsp3) is 0.286. The topological polar surface area (TPSA) is 69.0 Å². The summed E-state index contributed by atoms with van der Waals surface area (Å²) >= 11 is 4.69. The molecule has 1 fully saturated rings. The largest absolute Gasteiger partial charge is 0.376 e. The molecule has 1 atom stereocenters. The first kappa shape index (κ1) is 21.0. The Bertz CT molecular complexity index is 1000. The van der Waals surface area contributed by atoms with Gasteiger partial charge >= 0.3 is 0 Å². The van der Waals surface area contributed by atoms with E-state index in [2.05, 4.69) is 31.4 Å². The normalized spacial score (nSPS) is 16.0. The molecule has 9 heteroatoms. The number of ether oxygens (including phenoxy) is 1. The van der Waals surface area contributed by atoms with Gasteiger partial charge in [0.25, 0.3) is 0 Å². The van der Waals surface area contributed by atoms with Crippen molar-refractivity contribution in [2.75, 3.05) is 17.7 Å². The van der Waals surface area contributed by atoms with E-state index in [0.717, 1.165) is 35.2 Å². The number of hydrogen-bond acceptors (Lipinski definition) is 5. The summed E-state index contributed by atoms with van der Waals surface area (Å²) in [5.74, 6) is 0.408. The molecule has 2 heterocycles. The SMILES string of the molecule is O=C(CSc1nnc(-c2ccc(F)cc2)n1CC1CCCO1)Nc1ccc(Br)cc1. The molecule has 1 amide bonds. The Hall–Kier alpha value is -2.23. The number of amides is 1. The minimum atomic E-state index is -0.303. The van der Waals surface area contributed by atoms with Crippen molar-refractivity contribution in [1.82, 2.24) is 14.8 Å². The maximum atomic E-state index is 13.3. The van der Waals surface area contributed by atoms with E-state index in [4.69, 9.17) is 4.74 Å². The lowest BCUT2D eigenvalue weighted by molar-refractivity contribution is -0.113. The zero-order valence-corrected chi connectivity index (χ0v) is 18.5. The number of aromatic nitrogens is 3. The molecule has 0 aliphatic carbocycles. The van der Waals surface area contributed by atoms with E-state index in [-0.39, 0.29) is 23.6 Å². The molecule has 6 nitrogen and oxygen atoms in total. The second-order valence-corrected chi connectivity index (χ2v) is 8.76. The fourth-order valence-corrected chi connectivity index (χ4v) is 4.24. The van der Waals surface area contributed by atoms with Gasteiger partial charge in [0.15, 0.2) is 11.0 Å². The molecule has 0 spiro atoms. The highest BCUT2D eigenvalue weighted by Gasteiger charge is 2.22. The van der Waals surface area contributed by atoms with Gasteiger partial charge in [-0.05, 0) is 61.4 Å². The summed E-state index contributed by atoms with van der Waals surface area (Å²) in [4.78, 5) is 12.4. The van der Waals surface area contributed by atoms with Gasteiger partial charge in [-0.1, -0.05) is 27.7 Å². The van der Waals surface area contributed by atoms with Crippen molar-refractivity contribution >= 4 is 39.3 Å². The molecule has 30 heavy (non-hydrogen) atoms. The van der Waals surface area contributed by atoms with Crippen LogP contribution in [-0.4, -0.2) is 39.1 Å².